The molecular weight excluding hydrogens is 560 g/mol. The number of likely N-dealkylation sites (tertiary alicyclic amines) is 1. The van der Waals surface area contributed by atoms with E-state index in [2.05, 4.69) is 25.8 Å². The summed E-state index contributed by atoms with van der Waals surface area (Å²) in [6.07, 6.45) is 11.0. The van der Waals surface area contributed by atoms with Crippen LogP contribution in [0.4, 0.5) is 0 Å². The Hall–Kier alpha value is -1.71. The van der Waals surface area contributed by atoms with E-state index in [1.165, 1.54) is 38.8 Å². The third kappa shape index (κ3) is 5.83. The molecule has 4 aliphatic carbocycles. The van der Waals surface area contributed by atoms with E-state index in [-0.39, 0.29) is 53.9 Å². The van der Waals surface area contributed by atoms with Gasteiger partial charge in [0, 0.05) is 37.9 Å². The van der Waals surface area contributed by atoms with Crippen molar-refractivity contribution in [2.75, 3.05) is 46.4 Å². The van der Waals surface area contributed by atoms with Crippen LogP contribution in [0, 0.1) is 34.5 Å². The van der Waals surface area contributed by atoms with Gasteiger partial charge < -0.3 is 23.8 Å². The lowest BCUT2D eigenvalue weighted by molar-refractivity contribution is -0.940. The number of aliphatic carboxylic acids is 1. The minimum atomic E-state index is -0.966. The Bertz CT molecular complexity index is 1090. The van der Waals surface area contributed by atoms with Crippen LogP contribution in [0.3, 0.4) is 0 Å². The number of fused-ring (bicyclic) bond motifs is 5. The molecule has 9 nitrogen and oxygen atoms in total. The van der Waals surface area contributed by atoms with Gasteiger partial charge in [0.05, 0.1) is 46.2 Å². The van der Waals surface area contributed by atoms with E-state index in [9.17, 15) is 14.4 Å². The SMILES string of the molecule is CC(=O)O[C@H]1[C@@H]([N+]2(C)CCCCC2)C[C@H]2[C@@H]3CC[C@H]4C[C@H](OC(=O)CCC(=O)O)[C@@H](N5CCOCC5)C[C@]4(C)[C@H]3CC[C@@]21C. The quantitative estimate of drug-likeness (QED) is 0.325. The zero-order valence-electron chi connectivity index (χ0n) is 27.6. The summed E-state index contributed by atoms with van der Waals surface area (Å²) in [6.45, 7) is 12.0. The Labute approximate surface area is 263 Å². The summed E-state index contributed by atoms with van der Waals surface area (Å²) in [7, 11) is 2.43. The molecule has 6 fully saturated rings. The molecule has 2 aliphatic heterocycles. The average molecular weight is 618 g/mol. The number of carbonyl (C=O) groups excluding carboxylic acids is 2. The van der Waals surface area contributed by atoms with Gasteiger partial charge in [0.25, 0.3) is 0 Å². The smallest absolute Gasteiger partial charge is 0.306 e. The Morgan fingerprint density at radius 1 is 0.932 bits per heavy atom. The second-order valence-corrected chi connectivity index (χ2v) is 16.1. The van der Waals surface area contributed by atoms with E-state index in [1.807, 2.05) is 0 Å². The van der Waals surface area contributed by atoms with Crippen molar-refractivity contribution in [3.8, 4) is 0 Å². The van der Waals surface area contributed by atoms with Crippen LogP contribution in [0.1, 0.15) is 97.8 Å². The first kappa shape index (κ1) is 32.2. The summed E-state index contributed by atoms with van der Waals surface area (Å²) in [5.41, 5.74) is 0.162. The average Bonchev–Trinajstić information content (AvgIpc) is 3.29. The van der Waals surface area contributed by atoms with Gasteiger partial charge in [-0.15, -0.1) is 0 Å². The molecule has 0 aromatic rings. The summed E-state index contributed by atoms with van der Waals surface area (Å²) in [4.78, 5) is 38.9. The van der Waals surface area contributed by atoms with E-state index < -0.39 is 5.97 Å². The molecule has 0 spiro atoms. The van der Waals surface area contributed by atoms with Crippen LogP contribution in [-0.4, -0.2) is 103 Å². The highest BCUT2D eigenvalue weighted by atomic mass is 16.5. The summed E-state index contributed by atoms with van der Waals surface area (Å²) in [5, 5.41) is 9.11. The molecule has 0 amide bonds. The number of carboxylic acids is 1. The third-order valence-corrected chi connectivity index (χ3v) is 13.9. The maximum absolute atomic E-state index is 12.8. The van der Waals surface area contributed by atoms with Crippen LogP contribution in [0.15, 0.2) is 0 Å². The number of carboxylic acid groups (broad SMARTS) is 1. The van der Waals surface area contributed by atoms with Crippen molar-refractivity contribution in [2.45, 2.75) is 122 Å². The van der Waals surface area contributed by atoms with E-state index in [0.717, 1.165) is 56.1 Å². The normalized spacial score (nSPS) is 43.6. The maximum atomic E-state index is 12.8. The minimum absolute atomic E-state index is 0.0124. The molecule has 2 heterocycles. The fourth-order valence-electron chi connectivity index (χ4n) is 11.6. The van der Waals surface area contributed by atoms with Crippen molar-refractivity contribution in [1.29, 1.82) is 0 Å². The number of piperidine rings is 1. The number of carbonyl (C=O) groups is 3. The second kappa shape index (κ2) is 12.5. The van der Waals surface area contributed by atoms with Gasteiger partial charge in [-0.3, -0.25) is 19.3 Å². The van der Waals surface area contributed by atoms with Gasteiger partial charge in [-0.05, 0) is 86.9 Å². The molecule has 1 N–H and O–H groups in total. The molecule has 9 heteroatoms. The monoisotopic (exact) mass is 617 g/mol. The molecule has 0 bridgehead atoms. The van der Waals surface area contributed by atoms with Gasteiger partial charge in [-0.2, -0.15) is 0 Å². The number of nitrogens with zero attached hydrogens (tertiary/aromatic N) is 2. The van der Waals surface area contributed by atoms with E-state index >= 15 is 0 Å². The summed E-state index contributed by atoms with van der Waals surface area (Å²) in [6, 6.07) is 0.504. The number of morpholine rings is 1. The largest absolute Gasteiger partial charge is 0.481 e. The minimum Gasteiger partial charge on any atom is -0.481 e. The summed E-state index contributed by atoms with van der Waals surface area (Å²) in [5.74, 6) is 0.780. The van der Waals surface area contributed by atoms with Gasteiger partial charge in [0.15, 0.2) is 6.10 Å². The van der Waals surface area contributed by atoms with E-state index in [1.54, 1.807) is 6.92 Å². The molecule has 0 aromatic heterocycles. The molecular formula is C35H57N2O7+. The van der Waals surface area contributed by atoms with Crippen LogP contribution in [0.25, 0.3) is 0 Å². The molecule has 0 unspecified atom stereocenters. The Morgan fingerprint density at radius 3 is 2.34 bits per heavy atom. The van der Waals surface area contributed by atoms with Gasteiger partial charge in [0.1, 0.15) is 12.1 Å². The number of likely N-dealkylation sites (N-methyl/N-ethyl adjacent to an activating group) is 1. The van der Waals surface area contributed by atoms with Crippen molar-refractivity contribution < 1.29 is 38.2 Å². The molecule has 10 atom stereocenters. The first-order chi connectivity index (χ1) is 20.9. The van der Waals surface area contributed by atoms with Gasteiger partial charge in [0.2, 0.25) is 0 Å². The van der Waals surface area contributed by atoms with Crippen LogP contribution < -0.4 is 0 Å². The van der Waals surface area contributed by atoms with Gasteiger partial charge in [-0.25, -0.2) is 0 Å². The number of hydrogen-bond donors (Lipinski definition) is 1. The Morgan fingerprint density at radius 2 is 1.66 bits per heavy atom. The predicted molar refractivity (Wildman–Crippen MR) is 165 cm³/mol. The number of quaternary nitrogens is 1. The van der Waals surface area contributed by atoms with E-state index in [0.29, 0.717) is 42.9 Å². The van der Waals surface area contributed by atoms with Crippen LogP contribution in [-0.2, 0) is 28.6 Å². The van der Waals surface area contributed by atoms with E-state index in [4.69, 9.17) is 19.3 Å². The van der Waals surface area contributed by atoms with Crippen molar-refractivity contribution in [3.63, 3.8) is 0 Å². The highest BCUT2D eigenvalue weighted by Gasteiger charge is 2.67. The highest BCUT2D eigenvalue weighted by Crippen LogP contribution is 2.67. The number of hydrogen-bond acceptors (Lipinski definition) is 7. The summed E-state index contributed by atoms with van der Waals surface area (Å²) < 4.78 is 19.2. The Kier molecular flexibility index (Phi) is 9.14. The van der Waals surface area contributed by atoms with Gasteiger partial charge >= 0.3 is 17.9 Å². The van der Waals surface area contributed by atoms with Gasteiger partial charge in [-0.1, -0.05) is 13.8 Å². The van der Waals surface area contributed by atoms with Crippen molar-refractivity contribution in [3.05, 3.63) is 0 Å². The summed E-state index contributed by atoms with van der Waals surface area (Å²) >= 11 is 0. The zero-order valence-corrected chi connectivity index (χ0v) is 27.6. The standard InChI is InChI=1S/C35H56N2O7/c1-23(38)43-33-29(37(4)16-6-5-7-17-37)21-27-25-9-8-24-20-30(44-32(41)11-10-31(39)40)28(36-14-18-42-19-15-36)22-35(24,3)26(25)12-13-34(27,33)2/h24-30,33H,5-22H2,1-4H3/p+1/t24-,25+,26-,27-,28-,29-,30-,33-,34-,35-/m0/s1. The fraction of sp³-hybridized carbons (Fsp3) is 0.914. The number of rotatable bonds is 7. The van der Waals surface area contributed by atoms with Crippen molar-refractivity contribution in [2.24, 2.45) is 34.5 Å². The highest BCUT2D eigenvalue weighted by molar-refractivity contribution is 5.76. The van der Waals surface area contributed by atoms with Crippen molar-refractivity contribution in [1.82, 2.24) is 4.90 Å². The number of ether oxygens (including phenoxy) is 3. The Balaban J connectivity index is 1.26. The second-order valence-electron chi connectivity index (χ2n) is 16.1. The molecule has 2 saturated heterocycles. The first-order valence-electron chi connectivity index (χ1n) is 17.7. The first-order valence-corrected chi connectivity index (χ1v) is 17.7. The lowest BCUT2D eigenvalue weighted by Gasteiger charge is -2.62. The molecule has 6 aliphatic rings. The van der Waals surface area contributed by atoms with Crippen molar-refractivity contribution >= 4 is 17.9 Å². The lowest BCUT2D eigenvalue weighted by Crippen LogP contribution is -2.62. The van der Waals surface area contributed by atoms with Crippen LogP contribution >= 0.6 is 0 Å². The predicted octanol–water partition coefficient (Wildman–Crippen LogP) is 4.66. The molecule has 4 saturated carbocycles. The van der Waals surface area contributed by atoms with Crippen LogP contribution in [0.2, 0.25) is 0 Å². The number of esters is 2. The zero-order chi connectivity index (χ0) is 31.3. The fourth-order valence-corrected chi connectivity index (χ4v) is 11.6. The van der Waals surface area contributed by atoms with Crippen LogP contribution in [0.5, 0.6) is 0 Å². The maximum Gasteiger partial charge on any atom is 0.306 e. The molecule has 44 heavy (non-hydrogen) atoms. The molecule has 0 radical (unpaired) electrons. The molecule has 6 rings (SSSR count). The topological polar surface area (TPSA) is 102 Å². The molecule has 0 aromatic carbocycles. The lowest BCUT2D eigenvalue weighted by atomic mass is 9.44. The molecule has 248 valence electrons. The third-order valence-electron chi connectivity index (χ3n) is 13.9.